The zero-order valence-corrected chi connectivity index (χ0v) is 18.3. The maximum absolute atomic E-state index is 13.8. The van der Waals surface area contributed by atoms with Crippen LogP contribution in [0.25, 0.3) is 11.5 Å². The molecule has 0 bridgehead atoms. The number of rotatable bonds is 5. The molecule has 0 N–H and O–H groups in total. The molecule has 0 aliphatic carbocycles. The molecule has 0 saturated heterocycles. The van der Waals surface area contributed by atoms with E-state index in [2.05, 4.69) is 4.98 Å². The molecule has 172 valence electrons. The number of aromatic nitrogens is 1. The van der Waals surface area contributed by atoms with E-state index < -0.39 is 23.8 Å². The Hall–Kier alpha value is -4.00. The Balaban J connectivity index is 1.44. The summed E-state index contributed by atoms with van der Waals surface area (Å²) in [6.45, 7) is 0.569. The minimum absolute atomic E-state index is 0.164. The quantitative estimate of drug-likeness (QED) is 0.361. The van der Waals surface area contributed by atoms with Gasteiger partial charge in [0.1, 0.15) is 6.61 Å². The molecule has 5 rings (SSSR count). The lowest BCUT2D eigenvalue weighted by Crippen LogP contribution is -2.41. The maximum Gasteiger partial charge on any atom is 0.410 e. The maximum atomic E-state index is 13.8. The van der Waals surface area contributed by atoms with Crippen molar-refractivity contribution < 1.29 is 22.7 Å². The molecule has 34 heavy (non-hydrogen) atoms. The van der Waals surface area contributed by atoms with E-state index >= 15 is 0 Å². The molecule has 1 amide bonds. The fraction of sp³-hybridized carbons (Fsp3) is 0.185. The van der Waals surface area contributed by atoms with E-state index in [1.165, 1.54) is 6.07 Å². The fourth-order valence-corrected chi connectivity index (χ4v) is 4.14. The summed E-state index contributed by atoms with van der Waals surface area (Å²) in [6.07, 6.45) is 0.524. The van der Waals surface area contributed by atoms with Gasteiger partial charge in [-0.2, -0.15) is 0 Å². The summed E-state index contributed by atoms with van der Waals surface area (Å²) >= 11 is 0. The van der Waals surface area contributed by atoms with Gasteiger partial charge in [-0.05, 0) is 29.3 Å². The number of nitrogens with zero attached hydrogens (tertiary/aromatic N) is 2. The van der Waals surface area contributed by atoms with Crippen molar-refractivity contribution in [2.45, 2.75) is 25.5 Å². The largest absolute Gasteiger partial charge is 0.445 e. The lowest BCUT2D eigenvalue weighted by Gasteiger charge is -2.33. The van der Waals surface area contributed by atoms with Crippen molar-refractivity contribution >= 4 is 6.09 Å². The smallest absolute Gasteiger partial charge is 0.410 e. The van der Waals surface area contributed by atoms with Crippen molar-refractivity contribution in [3.8, 4) is 11.5 Å². The zero-order valence-electron chi connectivity index (χ0n) is 18.3. The Labute approximate surface area is 195 Å². The van der Waals surface area contributed by atoms with Crippen molar-refractivity contribution in [1.29, 1.82) is 0 Å². The topological polar surface area (TPSA) is 55.6 Å². The number of amides is 1. The van der Waals surface area contributed by atoms with Gasteiger partial charge >= 0.3 is 6.09 Å². The molecule has 1 unspecified atom stereocenters. The highest BCUT2D eigenvalue weighted by Gasteiger charge is 2.36. The highest BCUT2D eigenvalue weighted by atomic mass is 19.2. The van der Waals surface area contributed by atoms with Crippen LogP contribution in [0.1, 0.15) is 28.6 Å². The van der Waals surface area contributed by atoms with Gasteiger partial charge < -0.3 is 9.15 Å². The summed E-state index contributed by atoms with van der Waals surface area (Å²) in [5.41, 5.74) is 2.96. The van der Waals surface area contributed by atoms with Crippen molar-refractivity contribution in [3.05, 3.63) is 113 Å². The third-order valence-corrected chi connectivity index (χ3v) is 5.87. The minimum Gasteiger partial charge on any atom is -0.445 e. The monoisotopic (exact) mass is 460 g/mol. The van der Waals surface area contributed by atoms with Crippen molar-refractivity contribution in [2.75, 3.05) is 6.54 Å². The summed E-state index contributed by atoms with van der Waals surface area (Å²) in [4.78, 5) is 19.3. The van der Waals surface area contributed by atoms with Crippen LogP contribution in [0.2, 0.25) is 0 Å². The number of oxazole rings is 1. The van der Waals surface area contributed by atoms with E-state index in [9.17, 15) is 13.6 Å². The van der Waals surface area contributed by atoms with Gasteiger partial charge in [0.2, 0.25) is 5.89 Å². The van der Waals surface area contributed by atoms with Crippen molar-refractivity contribution in [2.24, 2.45) is 0 Å². The molecule has 5 nitrogen and oxygen atoms in total. The second-order valence-corrected chi connectivity index (χ2v) is 8.15. The fourth-order valence-electron chi connectivity index (χ4n) is 4.14. The highest BCUT2D eigenvalue weighted by molar-refractivity contribution is 5.69. The molecule has 1 aliphatic heterocycles. The molecule has 0 radical (unpaired) electrons. The molecule has 0 spiro atoms. The van der Waals surface area contributed by atoms with E-state index in [0.717, 1.165) is 23.3 Å². The molecule has 1 aliphatic rings. The van der Waals surface area contributed by atoms with Crippen LogP contribution in [0.3, 0.4) is 0 Å². The van der Waals surface area contributed by atoms with E-state index in [1.54, 1.807) is 4.90 Å². The first kappa shape index (κ1) is 21.8. The first-order chi connectivity index (χ1) is 16.6. The number of hydrogen-bond donors (Lipinski definition) is 0. The number of benzene rings is 3. The molecule has 2 heterocycles. The summed E-state index contributed by atoms with van der Waals surface area (Å²) < 4.78 is 38.9. The average molecular weight is 460 g/mol. The summed E-state index contributed by atoms with van der Waals surface area (Å²) in [5, 5.41) is 0. The van der Waals surface area contributed by atoms with Gasteiger partial charge in [0.15, 0.2) is 17.4 Å². The average Bonchev–Trinajstić information content (AvgIpc) is 3.31. The van der Waals surface area contributed by atoms with Crippen LogP contribution in [0.4, 0.5) is 13.6 Å². The third-order valence-electron chi connectivity index (χ3n) is 5.87. The molecule has 4 aromatic rings. The van der Waals surface area contributed by atoms with Crippen LogP contribution in [-0.2, 0) is 24.2 Å². The van der Waals surface area contributed by atoms with Gasteiger partial charge in [0.25, 0.3) is 0 Å². The third kappa shape index (κ3) is 4.55. The molecule has 7 heteroatoms. The first-order valence-corrected chi connectivity index (χ1v) is 11.0. The lowest BCUT2D eigenvalue weighted by molar-refractivity contribution is 0.0716. The predicted molar refractivity (Wildman–Crippen MR) is 122 cm³/mol. The predicted octanol–water partition coefficient (Wildman–Crippen LogP) is 6.10. The molecular weight excluding hydrogens is 438 g/mol. The summed E-state index contributed by atoms with van der Waals surface area (Å²) in [5.74, 6) is -1.18. The Morgan fingerprint density at radius 1 is 0.971 bits per heavy atom. The Morgan fingerprint density at radius 3 is 2.38 bits per heavy atom. The summed E-state index contributed by atoms with van der Waals surface area (Å²) in [6, 6.07) is 22.3. The highest BCUT2D eigenvalue weighted by Crippen LogP contribution is 2.36. The molecule has 1 aromatic heterocycles. The second-order valence-electron chi connectivity index (χ2n) is 8.15. The number of fused-ring (bicyclic) bond motifs is 1. The van der Waals surface area contributed by atoms with Gasteiger partial charge in [-0.15, -0.1) is 0 Å². The van der Waals surface area contributed by atoms with Crippen molar-refractivity contribution in [3.63, 3.8) is 0 Å². The van der Waals surface area contributed by atoms with Gasteiger partial charge in [-0.3, -0.25) is 4.90 Å². The van der Waals surface area contributed by atoms with E-state index in [4.69, 9.17) is 9.15 Å². The van der Waals surface area contributed by atoms with Crippen LogP contribution in [0.15, 0.2) is 83.3 Å². The normalized spacial score (nSPS) is 15.1. The molecule has 1 atom stereocenters. The SMILES string of the molecule is O=C(OCc1ccccc1)N1CCc2nc(-c3ccc(F)c(F)c3)oc2C1Cc1ccccc1. The Bertz CT molecular complexity index is 1290. The summed E-state index contributed by atoms with van der Waals surface area (Å²) in [7, 11) is 0. The van der Waals surface area contributed by atoms with E-state index in [1.807, 2.05) is 60.7 Å². The van der Waals surface area contributed by atoms with Gasteiger partial charge in [-0.25, -0.2) is 18.6 Å². The van der Waals surface area contributed by atoms with Crippen LogP contribution in [-0.4, -0.2) is 22.5 Å². The molecule has 0 fully saturated rings. The molecular formula is C27H22F2N2O3. The number of carbonyl (C=O) groups is 1. The van der Waals surface area contributed by atoms with Gasteiger partial charge in [0.05, 0.1) is 11.7 Å². The van der Waals surface area contributed by atoms with Crippen LogP contribution < -0.4 is 0 Å². The number of halogens is 2. The van der Waals surface area contributed by atoms with Crippen molar-refractivity contribution in [1.82, 2.24) is 9.88 Å². The van der Waals surface area contributed by atoms with Crippen LogP contribution in [0, 0.1) is 11.6 Å². The minimum atomic E-state index is -0.972. The van der Waals surface area contributed by atoms with Crippen LogP contribution >= 0.6 is 0 Å². The van der Waals surface area contributed by atoms with Gasteiger partial charge in [-0.1, -0.05) is 60.7 Å². The van der Waals surface area contributed by atoms with E-state index in [-0.39, 0.29) is 12.5 Å². The van der Waals surface area contributed by atoms with E-state index in [0.29, 0.717) is 36.4 Å². The van der Waals surface area contributed by atoms with Gasteiger partial charge in [0, 0.05) is 24.9 Å². The Kier molecular flexibility index (Phi) is 6.08. The number of hydrogen-bond acceptors (Lipinski definition) is 4. The molecule has 3 aromatic carbocycles. The zero-order chi connectivity index (χ0) is 23.5. The van der Waals surface area contributed by atoms with Crippen LogP contribution in [0.5, 0.6) is 0 Å². The lowest BCUT2D eigenvalue weighted by atomic mass is 9.97. The molecule has 0 saturated carbocycles. The number of ether oxygens (including phenoxy) is 1. The second kappa shape index (κ2) is 9.47. The number of carbonyl (C=O) groups excluding carboxylic acids is 1. The first-order valence-electron chi connectivity index (χ1n) is 11.0. The Morgan fingerprint density at radius 2 is 1.68 bits per heavy atom. The standard InChI is InChI=1S/C27H22F2N2O3/c28-21-12-11-20(16-22(21)29)26-30-23-13-14-31(27(32)33-17-19-9-5-2-6-10-19)24(25(23)34-26)15-18-7-3-1-4-8-18/h1-12,16,24H,13-15,17H2.